The van der Waals surface area contributed by atoms with Gasteiger partial charge in [0.25, 0.3) is 5.19 Å². The summed E-state index contributed by atoms with van der Waals surface area (Å²) in [4.78, 5) is 4.03. The van der Waals surface area contributed by atoms with Gasteiger partial charge in [-0.25, -0.2) is 0 Å². The predicted octanol–water partition coefficient (Wildman–Crippen LogP) is 4.54. The molecule has 0 aliphatic carbocycles. The van der Waals surface area contributed by atoms with Crippen molar-refractivity contribution in [1.82, 2.24) is 4.98 Å². The molecule has 0 amide bonds. The molecule has 1 aromatic heterocycles. The molecule has 0 unspecified atom stereocenters. The maximum Gasteiger partial charge on any atom is 0.280 e. The van der Waals surface area contributed by atoms with Crippen LogP contribution in [0.1, 0.15) is 18.9 Å². The van der Waals surface area contributed by atoms with Gasteiger partial charge in [-0.15, -0.1) is 0 Å². The average Bonchev–Trinajstić information content (AvgIpc) is 2.67. The highest BCUT2D eigenvalue weighted by Gasteiger charge is 2.02. The minimum absolute atomic E-state index is 0.475. The van der Waals surface area contributed by atoms with Crippen LogP contribution in [0.25, 0.3) is 0 Å². The molecule has 1 aromatic carbocycles. The van der Waals surface area contributed by atoms with E-state index in [0.717, 1.165) is 18.6 Å². The Morgan fingerprint density at radius 1 is 1.31 bits per heavy atom. The van der Waals surface area contributed by atoms with E-state index in [1.54, 1.807) is 5.38 Å². The molecular weight excluding hydrogens is 242 g/mol. The first-order chi connectivity index (χ1) is 7.78. The van der Waals surface area contributed by atoms with E-state index in [2.05, 4.69) is 24.0 Å². The lowest BCUT2D eigenvalue weighted by molar-refractivity contribution is 0.478. The molecule has 84 valence electrons. The summed E-state index contributed by atoms with van der Waals surface area (Å²) in [6, 6.07) is 8.07. The maximum atomic E-state index is 5.71. The van der Waals surface area contributed by atoms with Crippen LogP contribution < -0.4 is 4.74 Å². The van der Waals surface area contributed by atoms with Gasteiger partial charge in [0.05, 0.1) is 0 Å². The Morgan fingerprint density at radius 2 is 2.06 bits per heavy atom. The molecule has 0 saturated carbocycles. The van der Waals surface area contributed by atoms with Gasteiger partial charge in [-0.3, -0.25) is 0 Å². The topological polar surface area (TPSA) is 22.1 Å². The fourth-order valence-corrected chi connectivity index (χ4v) is 2.21. The van der Waals surface area contributed by atoms with Crippen LogP contribution >= 0.6 is 22.9 Å². The SMILES string of the molecule is CCCc1ccc(Oc2nc(Cl)cs2)cc1. The predicted molar refractivity (Wildman–Crippen MR) is 67.6 cm³/mol. The first-order valence-electron chi connectivity index (χ1n) is 5.15. The molecule has 4 heteroatoms. The smallest absolute Gasteiger partial charge is 0.280 e. The van der Waals surface area contributed by atoms with Crippen LogP contribution in [-0.4, -0.2) is 4.98 Å². The van der Waals surface area contributed by atoms with Crippen molar-refractivity contribution in [3.8, 4) is 10.9 Å². The van der Waals surface area contributed by atoms with Gasteiger partial charge in [0.1, 0.15) is 10.9 Å². The number of aryl methyl sites for hydroxylation is 1. The molecule has 16 heavy (non-hydrogen) atoms. The Bertz CT molecular complexity index is 452. The molecule has 0 N–H and O–H groups in total. The van der Waals surface area contributed by atoms with Gasteiger partial charge < -0.3 is 4.74 Å². The van der Waals surface area contributed by atoms with Crippen LogP contribution in [0.15, 0.2) is 29.6 Å². The summed E-state index contributed by atoms with van der Waals surface area (Å²) in [5.41, 5.74) is 1.33. The van der Waals surface area contributed by atoms with E-state index >= 15 is 0 Å². The number of rotatable bonds is 4. The van der Waals surface area contributed by atoms with Gasteiger partial charge in [0.15, 0.2) is 0 Å². The Balaban J connectivity index is 2.05. The minimum Gasteiger partial charge on any atom is -0.431 e. The van der Waals surface area contributed by atoms with Crippen LogP contribution in [-0.2, 0) is 6.42 Å². The van der Waals surface area contributed by atoms with Gasteiger partial charge >= 0.3 is 0 Å². The van der Waals surface area contributed by atoms with Crippen LogP contribution in [0.3, 0.4) is 0 Å². The Labute approximate surface area is 104 Å². The third kappa shape index (κ3) is 2.97. The lowest BCUT2D eigenvalue weighted by atomic mass is 10.1. The van der Waals surface area contributed by atoms with E-state index in [4.69, 9.17) is 16.3 Å². The molecule has 0 saturated heterocycles. The largest absolute Gasteiger partial charge is 0.431 e. The zero-order chi connectivity index (χ0) is 11.4. The molecule has 0 spiro atoms. The number of nitrogens with zero attached hydrogens (tertiary/aromatic N) is 1. The van der Waals surface area contributed by atoms with Crippen molar-refractivity contribution in [2.24, 2.45) is 0 Å². The van der Waals surface area contributed by atoms with Crippen molar-refractivity contribution in [2.45, 2.75) is 19.8 Å². The average molecular weight is 254 g/mol. The van der Waals surface area contributed by atoms with Crippen LogP contribution in [0.4, 0.5) is 0 Å². The normalized spacial score (nSPS) is 10.4. The summed E-state index contributed by atoms with van der Waals surface area (Å²) < 4.78 is 5.56. The fraction of sp³-hybridized carbons (Fsp3) is 0.250. The van der Waals surface area contributed by atoms with Crippen molar-refractivity contribution >= 4 is 22.9 Å². The van der Waals surface area contributed by atoms with Crippen molar-refractivity contribution in [2.75, 3.05) is 0 Å². The van der Waals surface area contributed by atoms with Crippen LogP contribution in [0.5, 0.6) is 10.9 Å². The number of benzene rings is 1. The van der Waals surface area contributed by atoms with Gasteiger partial charge in [0, 0.05) is 5.38 Å². The lowest BCUT2D eigenvalue weighted by Crippen LogP contribution is -1.85. The molecule has 0 aliphatic heterocycles. The van der Waals surface area contributed by atoms with E-state index in [1.807, 2.05) is 12.1 Å². The summed E-state index contributed by atoms with van der Waals surface area (Å²) in [5.74, 6) is 0.797. The molecule has 0 atom stereocenters. The van der Waals surface area contributed by atoms with Gasteiger partial charge in [-0.2, -0.15) is 4.98 Å². The van der Waals surface area contributed by atoms with E-state index in [9.17, 15) is 0 Å². The molecule has 1 heterocycles. The summed E-state index contributed by atoms with van der Waals surface area (Å²) in [7, 11) is 0. The van der Waals surface area contributed by atoms with Gasteiger partial charge in [-0.05, 0) is 24.1 Å². The summed E-state index contributed by atoms with van der Waals surface area (Å²) >= 11 is 7.11. The molecule has 0 bridgehead atoms. The second-order valence-corrected chi connectivity index (χ2v) is 4.64. The Kier molecular flexibility index (Phi) is 3.80. The number of aromatic nitrogens is 1. The Morgan fingerprint density at radius 3 is 2.62 bits per heavy atom. The lowest BCUT2D eigenvalue weighted by Gasteiger charge is -2.02. The maximum absolute atomic E-state index is 5.71. The quantitative estimate of drug-likeness (QED) is 0.798. The fourth-order valence-electron chi connectivity index (χ4n) is 1.40. The number of thiazole rings is 1. The van der Waals surface area contributed by atoms with Gasteiger partial charge in [0.2, 0.25) is 0 Å². The molecule has 2 nitrogen and oxygen atoms in total. The third-order valence-corrected chi connectivity index (χ3v) is 3.16. The first kappa shape index (κ1) is 11.4. The second kappa shape index (κ2) is 5.32. The highest BCUT2D eigenvalue weighted by atomic mass is 35.5. The van der Waals surface area contributed by atoms with Crippen LogP contribution in [0.2, 0.25) is 5.15 Å². The molecule has 2 rings (SSSR count). The molecular formula is C12H12ClNOS. The number of hydrogen-bond acceptors (Lipinski definition) is 3. The zero-order valence-corrected chi connectivity index (χ0v) is 10.5. The van der Waals surface area contributed by atoms with E-state index in [0.29, 0.717) is 10.3 Å². The van der Waals surface area contributed by atoms with Crippen molar-refractivity contribution in [3.05, 3.63) is 40.4 Å². The summed E-state index contributed by atoms with van der Waals surface area (Å²) in [5, 5.41) is 2.80. The standard InChI is InChI=1S/C12H12ClNOS/c1-2-3-9-4-6-10(7-5-9)15-12-14-11(13)8-16-12/h4-8H,2-3H2,1H3. The number of hydrogen-bond donors (Lipinski definition) is 0. The van der Waals surface area contributed by atoms with E-state index in [1.165, 1.54) is 16.9 Å². The van der Waals surface area contributed by atoms with Crippen molar-refractivity contribution in [3.63, 3.8) is 0 Å². The van der Waals surface area contributed by atoms with Crippen molar-refractivity contribution in [1.29, 1.82) is 0 Å². The monoisotopic (exact) mass is 253 g/mol. The number of halogens is 1. The zero-order valence-electron chi connectivity index (χ0n) is 8.94. The number of ether oxygens (including phenoxy) is 1. The summed E-state index contributed by atoms with van der Waals surface area (Å²) in [6.07, 6.45) is 2.26. The molecule has 0 fully saturated rings. The van der Waals surface area contributed by atoms with Crippen molar-refractivity contribution < 1.29 is 4.74 Å². The van der Waals surface area contributed by atoms with E-state index in [-0.39, 0.29) is 0 Å². The second-order valence-electron chi connectivity index (χ2n) is 3.43. The van der Waals surface area contributed by atoms with E-state index < -0.39 is 0 Å². The first-order valence-corrected chi connectivity index (χ1v) is 6.41. The highest BCUT2D eigenvalue weighted by Crippen LogP contribution is 2.27. The molecule has 0 aliphatic rings. The molecule has 0 radical (unpaired) electrons. The Hall–Kier alpha value is -1.06. The summed E-state index contributed by atoms with van der Waals surface area (Å²) in [6.45, 7) is 2.17. The third-order valence-electron chi connectivity index (χ3n) is 2.12. The van der Waals surface area contributed by atoms with Gasteiger partial charge in [-0.1, -0.05) is 48.4 Å². The molecule has 2 aromatic rings. The highest BCUT2D eigenvalue weighted by molar-refractivity contribution is 7.11. The van der Waals surface area contributed by atoms with Crippen LogP contribution in [0, 0.1) is 0 Å². The minimum atomic E-state index is 0.475.